The van der Waals surface area contributed by atoms with Crippen LogP contribution in [-0.2, 0) is 28.2 Å². The van der Waals surface area contributed by atoms with Crippen molar-refractivity contribution in [2.24, 2.45) is 48.6 Å². The van der Waals surface area contributed by atoms with E-state index in [2.05, 4.69) is 43.2 Å². The van der Waals surface area contributed by atoms with Gasteiger partial charge < -0.3 is 10.6 Å². The Morgan fingerprint density at radius 1 is 0.605 bits per heavy atom. The molecule has 0 unspecified atom stereocenters. The number of imidazole rings is 2. The molecule has 10 nitrogen and oxygen atoms in total. The van der Waals surface area contributed by atoms with E-state index in [4.69, 9.17) is 0 Å². The monoisotopic (exact) mass is 514 g/mol. The number of para-hydroxylation sites is 2. The number of unbranched alkanes of at least 4 members (excludes halogenated alkanes) is 3. The van der Waals surface area contributed by atoms with E-state index in [1.165, 1.54) is 0 Å². The molecule has 198 valence electrons. The third kappa shape index (κ3) is 7.12. The number of benzene rings is 2. The third-order valence-corrected chi connectivity index (χ3v) is 6.33. The summed E-state index contributed by atoms with van der Waals surface area (Å²) >= 11 is 0. The number of azo groups is 2. The number of hydrogen-bond donors (Lipinski definition) is 2. The number of rotatable bonds is 13. The topological polar surface area (TPSA) is 91.1 Å². The van der Waals surface area contributed by atoms with Crippen molar-refractivity contribution in [2.45, 2.75) is 25.7 Å². The van der Waals surface area contributed by atoms with Crippen LogP contribution in [0.5, 0.6) is 0 Å². The Labute approximate surface area is 224 Å². The lowest BCUT2D eigenvalue weighted by atomic mass is 10.2. The summed E-state index contributed by atoms with van der Waals surface area (Å²) in [6, 6.07) is 16.1. The minimum atomic E-state index is 0.796. The van der Waals surface area contributed by atoms with Crippen LogP contribution in [0.2, 0.25) is 0 Å². The van der Waals surface area contributed by atoms with Crippen LogP contribution in [0.15, 0.2) is 93.8 Å². The van der Waals surface area contributed by atoms with Crippen molar-refractivity contribution in [3.63, 3.8) is 0 Å². The zero-order valence-electron chi connectivity index (χ0n) is 22.7. The molecule has 2 aromatic heterocycles. The fourth-order valence-electron chi connectivity index (χ4n) is 4.11. The van der Waals surface area contributed by atoms with E-state index in [0.29, 0.717) is 0 Å². The van der Waals surface area contributed by atoms with Crippen LogP contribution in [0.3, 0.4) is 0 Å². The molecule has 0 aliphatic carbocycles. The van der Waals surface area contributed by atoms with Crippen molar-refractivity contribution in [3.8, 4) is 0 Å². The van der Waals surface area contributed by atoms with Crippen molar-refractivity contribution in [3.05, 3.63) is 73.3 Å². The summed E-state index contributed by atoms with van der Waals surface area (Å²) in [5.41, 5.74) is 3.69. The van der Waals surface area contributed by atoms with Crippen LogP contribution in [0.25, 0.3) is 0 Å². The molecule has 0 radical (unpaired) electrons. The van der Waals surface area contributed by atoms with Gasteiger partial charge in [0.1, 0.15) is 11.4 Å². The Kier molecular flexibility index (Phi) is 9.33. The molecule has 10 heteroatoms. The van der Waals surface area contributed by atoms with Gasteiger partial charge in [-0.3, -0.25) is 0 Å². The highest BCUT2D eigenvalue weighted by atomic mass is 15.3. The van der Waals surface area contributed by atoms with Crippen molar-refractivity contribution >= 4 is 34.6 Å². The van der Waals surface area contributed by atoms with Crippen LogP contribution in [0.1, 0.15) is 25.7 Å². The summed E-state index contributed by atoms with van der Waals surface area (Å²) < 4.78 is 7.79. The normalized spacial score (nSPS) is 11.6. The first-order valence-corrected chi connectivity index (χ1v) is 13.0. The highest BCUT2D eigenvalue weighted by Gasteiger charge is 2.12. The van der Waals surface area contributed by atoms with Gasteiger partial charge in [-0.25, -0.2) is 18.3 Å². The predicted octanol–water partition coefficient (Wildman–Crippen LogP) is 5.93. The summed E-state index contributed by atoms with van der Waals surface area (Å²) in [7, 11) is 7.85. The standard InChI is InChI=1S/C28H36N10/c1-35-19-20-36(2)27(35)33-31-25-15-9-7-13-23(25)29-17-11-5-6-12-18-30-24-14-8-10-16-26(24)32-34-28-37(3)21-22-38(28)4/h7-10,13-16,19-22H,5-6,11-12,17-18H2,1-4H3/p+2. The van der Waals surface area contributed by atoms with Crippen molar-refractivity contribution in [1.82, 2.24) is 9.13 Å². The number of nitrogens with zero attached hydrogens (tertiary/aromatic N) is 8. The van der Waals surface area contributed by atoms with E-state index in [1.54, 1.807) is 0 Å². The number of aryl methyl sites for hydroxylation is 4. The maximum atomic E-state index is 4.48. The predicted molar refractivity (Wildman–Crippen MR) is 150 cm³/mol. The molecule has 0 aliphatic rings. The molecule has 38 heavy (non-hydrogen) atoms. The van der Waals surface area contributed by atoms with E-state index in [-0.39, 0.29) is 0 Å². The van der Waals surface area contributed by atoms with Gasteiger partial charge in [0.2, 0.25) is 0 Å². The second-order valence-corrected chi connectivity index (χ2v) is 9.34. The van der Waals surface area contributed by atoms with Gasteiger partial charge in [-0.1, -0.05) is 47.3 Å². The van der Waals surface area contributed by atoms with Crippen LogP contribution in [0, 0.1) is 0 Å². The van der Waals surface area contributed by atoms with Gasteiger partial charge >= 0.3 is 11.9 Å². The van der Waals surface area contributed by atoms with E-state index >= 15 is 0 Å². The molecule has 0 amide bonds. The second kappa shape index (κ2) is 13.3. The molecule has 0 atom stereocenters. The highest BCUT2D eigenvalue weighted by Crippen LogP contribution is 2.27. The average Bonchev–Trinajstić information content (AvgIpc) is 3.42. The Bertz CT molecular complexity index is 1240. The molecule has 0 saturated heterocycles. The molecule has 0 bridgehead atoms. The number of aromatic nitrogens is 4. The Hall–Kier alpha value is -4.34. The minimum Gasteiger partial charge on any atom is -0.383 e. The lowest BCUT2D eigenvalue weighted by molar-refractivity contribution is -0.657. The van der Waals surface area contributed by atoms with Gasteiger partial charge in [0, 0.05) is 23.3 Å². The van der Waals surface area contributed by atoms with Gasteiger partial charge in [0.05, 0.1) is 64.4 Å². The lowest BCUT2D eigenvalue weighted by Gasteiger charge is -2.09. The molecule has 4 aromatic rings. The van der Waals surface area contributed by atoms with Crippen molar-refractivity contribution in [1.29, 1.82) is 0 Å². The van der Waals surface area contributed by atoms with Gasteiger partial charge in [0.25, 0.3) is 0 Å². The summed E-state index contributed by atoms with van der Waals surface area (Å²) in [5, 5.41) is 24.9. The van der Waals surface area contributed by atoms with Gasteiger partial charge in [0.15, 0.2) is 0 Å². The molecule has 0 spiro atoms. The molecule has 2 N–H and O–H groups in total. The Morgan fingerprint density at radius 2 is 1.03 bits per heavy atom. The van der Waals surface area contributed by atoms with Crippen LogP contribution in [0.4, 0.5) is 34.6 Å². The number of anilines is 2. The quantitative estimate of drug-likeness (QED) is 0.132. The minimum absolute atomic E-state index is 0.796. The molecular formula is C28H38N10+2. The SMILES string of the molecule is Cn1cc[n+](C)c1N=Nc1ccccc1NCCCCCCNc1ccccc1N=Nc1n(C)cc[n+]1C. The first-order valence-electron chi connectivity index (χ1n) is 13.0. The smallest absolute Gasteiger partial charge is 0.383 e. The van der Waals surface area contributed by atoms with E-state index in [9.17, 15) is 0 Å². The largest absolute Gasteiger partial charge is 0.421 e. The zero-order chi connectivity index (χ0) is 26.7. The van der Waals surface area contributed by atoms with Crippen LogP contribution >= 0.6 is 0 Å². The summed E-state index contributed by atoms with van der Waals surface area (Å²) in [5.74, 6) is 1.59. The van der Waals surface area contributed by atoms with Crippen LogP contribution in [-0.4, -0.2) is 22.2 Å². The fourth-order valence-corrected chi connectivity index (χ4v) is 4.11. The highest BCUT2D eigenvalue weighted by molar-refractivity contribution is 5.65. The molecule has 2 heterocycles. The Balaban J connectivity index is 1.18. The van der Waals surface area contributed by atoms with E-state index < -0.39 is 0 Å². The Morgan fingerprint density at radius 3 is 1.42 bits per heavy atom. The zero-order valence-corrected chi connectivity index (χ0v) is 22.7. The lowest BCUT2D eigenvalue weighted by Crippen LogP contribution is -2.25. The van der Waals surface area contributed by atoms with Gasteiger partial charge in [-0.15, -0.1) is 0 Å². The molecule has 2 aromatic carbocycles. The summed E-state index contributed by atoms with van der Waals surface area (Å²) in [6.45, 7) is 1.80. The van der Waals surface area contributed by atoms with Gasteiger partial charge in [-0.05, 0) is 37.1 Å². The maximum absolute atomic E-state index is 4.48. The first kappa shape index (κ1) is 26.7. The van der Waals surface area contributed by atoms with Crippen molar-refractivity contribution in [2.75, 3.05) is 23.7 Å². The van der Waals surface area contributed by atoms with Crippen molar-refractivity contribution < 1.29 is 9.13 Å². The molecule has 0 fully saturated rings. The summed E-state index contributed by atoms with van der Waals surface area (Å²) in [6.07, 6.45) is 12.3. The molecule has 0 saturated carbocycles. The molecule has 0 aliphatic heterocycles. The average molecular weight is 515 g/mol. The number of hydrogen-bond acceptors (Lipinski definition) is 6. The van der Waals surface area contributed by atoms with E-state index in [0.717, 1.165) is 73.4 Å². The van der Waals surface area contributed by atoms with Gasteiger partial charge in [-0.2, -0.15) is 0 Å². The summed E-state index contributed by atoms with van der Waals surface area (Å²) in [4.78, 5) is 0. The fraction of sp³-hybridized carbons (Fsp3) is 0.357. The molecular weight excluding hydrogens is 476 g/mol. The maximum Gasteiger partial charge on any atom is 0.421 e. The second-order valence-electron chi connectivity index (χ2n) is 9.34. The molecule has 4 rings (SSSR count). The van der Waals surface area contributed by atoms with Crippen LogP contribution < -0.4 is 19.8 Å². The first-order chi connectivity index (χ1) is 18.5. The van der Waals surface area contributed by atoms with E-state index in [1.807, 2.05) is 108 Å². The third-order valence-electron chi connectivity index (χ3n) is 6.33. The number of nitrogens with one attached hydrogen (secondary N) is 2.